The van der Waals surface area contributed by atoms with Gasteiger partial charge < -0.3 is 9.47 Å². The van der Waals surface area contributed by atoms with Crippen molar-refractivity contribution in [3.63, 3.8) is 0 Å². The smallest absolute Gasteiger partial charge is 0.347 e. The molecule has 1 aromatic heterocycles. The first-order valence-corrected chi connectivity index (χ1v) is 7.45. The number of pyridine rings is 1. The Hall–Kier alpha value is -3.75. The highest BCUT2D eigenvalue weighted by Crippen LogP contribution is 2.32. The normalized spacial score (nSPS) is 10.5. The van der Waals surface area contributed by atoms with Crippen LogP contribution in [0.4, 0.5) is 11.4 Å². The van der Waals surface area contributed by atoms with Gasteiger partial charge in [0.05, 0.1) is 29.5 Å². The van der Waals surface area contributed by atoms with Crippen molar-refractivity contribution in [2.45, 2.75) is 0 Å². The summed E-state index contributed by atoms with van der Waals surface area (Å²) in [6.07, 6.45) is 3.33. The van der Waals surface area contributed by atoms with Crippen LogP contribution in [-0.4, -0.2) is 24.1 Å². The molecule has 0 N–H and O–H groups in total. The molecule has 0 saturated heterocycles. The zero-order valence-corrected chi connectivity index (χ0v) is 13.9. The van der Waals surface area contributed by atoms with Gasteiger partial charge in [-0.25, -0.2) is 0 Å². The van der Waals surface area contributed by atoms with E-state index in [1.54, 1.807) is 30.6 Å². The molecule has 0 saturated carbocycles. The molecule has 0 radical (unpaired) electrons. The van der Waals surface area contributed by atoms with Crippen molar-refractivity contribution in [1.29, 1.82) is 0 Å². The number of methoxy groups -OCH3 is 2. The van der Waals surface area contributed by atoms with Gasteiger partial charge in [0, 0.05) is 18.2 Å². The van der Waals surface area contributed by atoms with E-state index in [-0.39, 0.29) is 17.1 Å². The summed E-state index contributed by atoms with van der Waals surface area (Å²) in [4.78, 5) is 20.9. The monoisotopic (exact) mass is 356 g/mol. The topological polar surface area (TPSA) is 109 Å². The van der Waals surface area contributed by atoms with Crippen LogP contribution in [0.25, 0.3) is 16.5 Å². The molecule has 0 aliphatic rings. The summed E-state index contributed by atoms with van der Waals surface area (Å²) in [5, 5.41) is 23.8. The second-order valence-corrected chi connectivity index (χ2v) is 5.38. The highest BCUT2D eigenvalue weighted by atomic mass is 16.6. The van der Waals surface area contributed by atoms with Gasteiger partial charge in [-0.3, -0.25) is 20.2 Å². The predicted octanol–water partition coefficient (Wildman–Crippen LogP) is 2.95. The molecule has 3 aromatic rings. The summed E-state index contributed by atoms with van der Waals surface area (Å²) < 4.78 is 12.1. The molecule has 2 aromatic carbocycles. The second-order valence-electron chi connectivity index (χ2n) is 5.38. The average molecular weight is 356 g/mol. The molecule has 0 bridgehead atoms. The summed E-state index contributed by atoms with van der Waals surface area (Å²) in [6, 6.07) is 8.84. The van der Waals surface area contributed by atoms with Crippen LogP contribution in [0.3, 0.4) is 0 Å². The Morgan fingerprint density at radius 1 is 0.885 bits per heavy atom. The van der Waals surface area contributed by atoms with Gasteiger partial charge in [-0.05, 0) is 17.5 Å². The Kier molecular flexibility index (Phi) is 4.36. The second kappa shape index (κ2) is 6.63. The van der Waals surface area contributed by atoms with E-state index < -0.39 is 9.85 Å². The van der Waals surface area contributed by atoms with Crippen molar-refractivity contribution in [3.05, 3.63) is 69.0 Å². The average Bonchev–Trinajstić information content (AvgIpc) is 2.65. The number of nitro benzene ring substituents is 2. The molecular weight excluding hydrogens is 342 g/mol. The van der Waals surface area contributed by atoms with Gasteiger partial charge in [-0.1, -0.05) is 0 Å². The summed E-state index contributed by atoms with van der Waals surface area (Å²) >= 11 is 0. The predicted molar refractivity (Wildman–Crippen MR) is 91.9 cm³/mol. The van der Waals surface area contributed by atoms with E-state index in [0.717, 1.165) is 16.8 Å². The molecule has 9 heteroatoms. The van der Waals surface area contributed by atoms with Crippen LogP contribution in [-0.2, 0) is 0 Å². The highest BCUT2D eigenvalue weighted by Gasteiger charge is 2.26. The van der Waals surface area contributed by atoms with Crippen molar-refractivity contribution < 1.29 is 23.9 Å². The van der Waals surface area contributed by atoms with Gasteiger partial charge in [-0.15, -0.1) is 0 Å². The minimum Gasteiger partial charge on any atom is -0.493 e. The van der Waals surface area contributed by atoms with Crippen molar-refractivity contribution in [2.75, 3.05) is 14.2 Å². The Balaban J connectivity index is 2.19. The zero-order chi connectivity index (χ0) is 18.8. The fourth-order valence-electron chi connectivity index (χ4n) is 2.66. The van der Waals surface area contributed by atoms with Crippen molar-refractivity contribution in [2.24, 2.45) is 0 Å². The van der Waals surface area contributed by atoms with Crippen molar-refractivity contribution in [1.82, 2.24) is 0 Å². The minimum atomic E-state index is -0.668. The minimum absolute atomic E-state index is 0.220. The van der Waals surface area contributed by atoms with Crippen LogP contribution >= 0.6 is 0 Å². The van der Waals surface area contributed by atoms with E-state index >= 15 is 0 Å². The number of ether oxygens (including phenoxy) is 2. The van der Waals surface area contributed by atoms with E-state index in [0.29, 0.717) is 11.5 Å². The lowest BCUT2D eigenvalue weighted by molar-refractivity contribution is -0.599. The molecule has 0 unspecified atom stereocenters. The Labute approximate surface area is 147 Å². The van der Waals surface area contributed by atoms with Crippen LogP contribution in [0, 0.1) is 20.2 Å². The maximum Gasteiger partial charge on any atom is 0.347 e. The van der Waals surface area contributed by atoms with E-state index in [1.807, 2.05) is 0 Å². The summed E-state index contributed by atoms with van der Waals surface area (Å²) in [5.41, 5.74) is -0.477. The van der Waals surface area contributed by atoms with Gasteiger partial charge in [0.15, 0.2) is 23.9 Å². The van der Waals surface area contributed by atoms with Crippen LogP contribution in [0.15, 0.2) is 48.8 Å². The van der Waals surface area contributed by atoms with Gasteiger partial charge in [-0.2, -0.15) is 4.57 Å². The van der Waals surface area contributed by atoms with E-state index in [1.165, 1.54) is 30.9 Å². The summed E-state index contributed by atoms with van der Waals surface area (Å²) in [5.74, 6) is 1.09. The standard InChI is InChI=1S/C17H14N3O6/c1-25-16-7-11-5-6-18(10-12(11)8-17(16)26-2)14-4-3-13(19(21)22)9-15(14)20(23)24/h3-10H,1-2H3/q+1. The summed E-state index contributed by atoms with van der Waals surface area (Å²) in [6.45, 7) is 0. The van der Waals surface area contributed by atoms with Crippen molar-refractivity contribution in [3.8, 4) is 17.2 Å². The molecule has 1 heterocycles. The first-order chi connectivity index (χ1) is 12.4. The molecule has 0 amide bonds. The summed E-state index contributed by atoms with van der Waals surface area (Å²) in [7, 11) is 3.05. The molecular formula is C17H14N3O6+. The number of nitro groups is 2. The van der Waals surface area contributed by atoms with Crippen LogP contribution < -0.4 is 14.0 Å². The maximum absolute atomic E-state index is 11.4. The number of rotatable bonds is 5. The third kappa shape index (κ3) is 2.97. The van der Waals surface area contributed by atoms with Gasteiger partial charge in [0.2, 0.25) is 0 Å². The molecule has 0 aliphatic heterocycles. The van der Waals surface area contributed by atoms with Crippen LogP contribution in [0.2, 0.25) is 0 Å². The zero-order valence-electron chi connectivity index (χ0n) is 13.9. The lowest BCUT2D eigenvalue weighted by Gasteiger charge is -2.08. The first-order valence-electron chi connectivity index (χ1n) is 7.45. The highest BCUT2D eigenvalue weighted by molar-refractivity contribution is 5.84. The largest absolute Gasteiger partial charge is 0.493 e. The van der Waals surface area contributed by atoms with E-state index in [9.17, 15) is 20.2 Å². The Morgan fingerprint density at radius 2 is 1.54 bits per heavy atom. The number of non-ortho nitro benzene ring substituents is 1. The van der Waals surface area contributed by atoms with Gasteiger partial charge in [0.25, 0.3) is 11.4 Å². The lowest BCUT2D eigenvalue weighted by atomic mass is 10.1. The number of nitrogens with zero attached hydrogens (tertiary/aromatic N) is 3. The Morgan fingerprint density at radius 3 is 2.12 bits per heavy atom. The molecule has 0 atom stereocenters. The number of aromatic nitrogens is 1. The fourth-order valence-corrected chi connectivity index (χ4v) is 2.66. The van der Waals surface area contributed by atoms with Gasteiger partial charge >= 0.3 is 5.69 Å². The SMILES string of the molecule is COc1cc2cc[n+](-c3ccc([N+](=O)[O-])cc3[N+](=O)[O-])cc2cc1OC. The molecule has 0 spiro atoms. The maximum atomic E-state index is 11.4. The van der Waals surface area contributed by atoms with Crippen LogP contribution in [0.1, 0.15) is 0 Å². The molecule has 9 nitrogen and oxygen atoms in total. The molecule has 3 rings (SSSR count). The molecule has 132 valence electrons. The molecule has 0 fully saturated rings. The fraction of sp³-hybridized carbons (Fsp3) is 0.118. The lowest BCUT2D eigenvalue weighted by Crippen LogP contribution is -2.30. The van der Waals surface area contributed by atoms with Gasteiger partial charge in [0.1, 0.15) is 6.07 Å². The number of hydrogen-bond acceptors (Lipinski definition) is 6. The molecule has 0 aliphatic carbocycles. The third-order valence-corrected chi connectivity index (χ3v) is 3.93. The number of hydrogen-bond donors (Lipinski definition) is 0. The van der Waals surface area contributed by atoms with Crippen molar-refractivity contribution >= 4 is 22.1 Å². The quantitative estimate of drug-likeness (QED) is 0.395. The van der Waals surface area contributed by atoms with Crippen LogP contribution in [0.5, 0.6) is 11.5 Å². The Bertz CT molecular complexity index is 1030. The van der Waals surface area contributed by atoms with E-state index in [4.69, 9.17) is 9.47 Å². The third-order valence-electron chi connectivity index (χ3n) is 3.93. The first kappa shape index (κ1) is 17.1. The number of fused-ring (bicyclic) bond motifs is 1. The number of benzene rings is 2. The van der Waals surface area contributed by atoms with E-state index in [2.05, 4.69) is 0 Å². The molecule has 26 heavy (non-hydrogen) atoms.